The summed E-state index contributed by atoms with van der Waals surface area (Å²) in [6.07, 6.45) is 4.12. The largest absolute Gasteiger partial charge is 0.490 e. The molecule has 1 saturated heterocycles. The molecule has 0 aliphatic carbocycles. The number of hydrogen-bond acceptors (Lipinski definition) is 6. The van der Waals surface area contributed by atoms with E-state index in [-0.39, 0.29) is 16.6 Å². The van der Waals surface area contributed by atoms with Crippen LogP contribution in [0.4, 0.5) is 0 Å². The minimum Gasteiger partial charge on any atom is -0.490 e. The molecule has 1 N–H and O–H groups in total. The van der Waals surface area contributed by atoms with Crippen molar-refractivity contribution in [1.82, 2.24) is 15.2 Å². The van der Waals surface area contributed by atoms with Crippen molar-refractivity contribution in [2.45, 2.75) is 30.8 Å². The number of ether oxygens (including phenoxy) is 1. The molecule has 2 aromatic rings. The first-order valence-electron chi connectivity index (χ1n) is 9.92. The van der Waals surface area contributed by atoms with Crippen molar-refractivity contribution in [2.75, 3.05) is 32.4 Å². The fourth-order valence-electron chi connectivity index (χ4n) is 3.44. The average molecular weight is 486 g/mol. The maximum absolute atomic E-state index is 12.6. The monoisotopic (exact) mass is 485 g/mol. The Morgan fingerprint density at radius 3 is 2.58 bits per heavy atom. The third-order valence-electron chi connectivity index (χ3n) is 5.09. The quantitative estimate of drug-likeness (QED) is 0.646. The highest BCUT2D eigenvalue weighted by Gasteiger charge is 2.22. The lowest BCUT2D eigenvalue weighted by Crippen LogP contribution is -2.42. The summed E-state index contributed by atoms with van der Waals surface area (Å²) in [5.41, 5.74) is 0.713. The van der Waals surface area contributed by atoms with Gasteiger partial charge in [-0.2, -0.15) is 0 Å². The van der Waals surface area contributed by atoms with E-state index >= 15 is 0 Å². The number of likely N-dealkylation sites (tertiary alicyclic amines) is 1. The van der Waals surface area contributed by atoms with Gasteiger partial charge in [0.15, 0.2) is 9.84 Å². The van der Waals surface area contributed by atoms with E-state index in [1.54, 1.807) is 19.1 Å². The Hall–Kier alpha value is -1.87. The van der Waals surface area contributed by atoms with Gasteiger partial charge in [-0.15, -0.1) is 0 Å². The molecular weight excluding hydrogens is 461 g/mol. The molecular formula is C21H25Cl2N3O4S. The van der Waals surface area contributed by atoms with E-state index in [0.29, 0.717) is 34.6 Å². The molecule has 1 aromatic carbocycles. The Bertz CT molecular complexity index is 1050. The maximum atomic E-state index is 12.6. The lowest BCUT2D eigenvalue weighted by molar-refractivity contribution is 0.0903. The molecule has 1 aromatic heterocycles. The molecule has 168 valence electrons. The lowest BCUT2D eigenvalue weighted by atomic mass is 10.1. The van der Waals surface area contributed by atoms with Crippen LogP contribution in [0, 0.1) is 6.92 Å². The second-order valence-corrected chi connectivity index (χ2v) is 10.4. The molecule has 31 heavy (non-hydrogen) atoms. The van der Waals surface area contributed by atoms with Gasteiger partial charge in [0.25, 0.3) is 5.91 Å². The predicted octanol–water partition coefficient (Wildman–Crippen LogP) is 3.37. The van der Waals surface area contributed by atoms with Crippen LogP contribution in [0.3, 0.4) is 0 Å². The summed E-state index contributed by atoms with van der Waals surface area (Å²) in [6.45, 7) is 4.48. The van der Waals surface area contributed by atoms with Crippen LogP contribution < -0.4 is 10.1 Å². The number of nitrogens with one attached hydrogen (secondary N) is 1. The molecule has 0 atom stereocenters. The van der Waals surface area contributed by atoms with Crippen LogP contribution in [0.2, 0.25) is 10.0 Å². The first-order chi connectivity index (χ1) is 14.6. The minimum absolute atomic E-state index is 0.0594. The predicted molar refractivity (Wildman–Crippen MR) is 121 cm³/mol. The zero-order valence-corrected chi connectivity index (χ0v) is 19.7. The number of pyridine rings is 1. The average Bonchev–Trinajstić information content (AvgIpc) is 2.71. The van der Waals surface area contributed by atoms with Crippen LogP contribution in [0.25, 0.3) is 0 Å². The summed E-state index contributed by atoms with van der Waals surface area (Å²) in [7, 11) is -3.54. The Balaban J connectivity index is 1.47. The van der Waals surface area contributed by atoms with Crippen LogP contribution in [-0.4, -0.2) is 62.7 Å². The number of benzene rings is 1. The number of piperidine rings is 1. The van der Waals surface area contributed by atoms with Crippen molar-refractivity contribution in [1.29, 1.82) is 0 Å². The van der Waals surface area contributed by atoms with Gasteiger partial charge in [-0.25, -0.2) is 8.42 Å². The van der Waals surface area contributed by atoms with Crippen LogP contribution in [0.1, 0.15) is 28.9 Å². The molecule has 2 heterocycles. The number of carbonyl (C=O) groups excluding carboxylic acids is 1. The van der Waals surface area contributed by atoms with E-state index < -0.39 is 15.7 Å². The standard InChI is InChI=1S/C21H25Cl2N3O4S/c1-14-11-17(20(13-25-14)31(2,28)29)21(27)24-7-10-26-8-5-15(6-9-26)30-16-3-4-18(22)19(23)12-16/h3-4,11-13,15H,5-10H2,1-2H3,(H,24,27). The Morgan fingerprint density at radius 2 is 1.94 bits per heavy atom. The fraction of sp³-hybridized carbons (Fsp3) is 0.429. The molecule has 0 saturated carbocycles. The number of aromatic nitrogens is 1. The summed E-state index contributed by atoms with van der Waals surface area (Å²) >= 11 is 12.0. The second-order valence-electron chi connectivity index (χ2n) is 7.58. The van der Waals surface area contributed by atoms with Crippen molar-refractivity contribution in [3.8, 4) is 5.75 Å². The number of carbonyl (C=O) groups is 1. The van der Waals surface area contributed by atoms with Crippen LogP contribution >= 0.6 is 23.2 Å². The van der Waals surface area contributed by atoms with Gasteiger partial charge in [-0.3, -0.25) is 9.78 Å². The molecule has 1 aliphatic heterocycles. The molecule has 0 radical (unpaired) electrons. The van der Waals surface area contributed by atoms with Crippen molar-refractivity contribution in [3.05, 3.63) is 51.8 Å². The lowest BCUT2D eigenvalue weighted by Gasteiger charge is -2.32. The molecule has 7 nitrogen and oxygen atoms in total. The van der Waals surface area contributed by atoms with E-state index in [1.807, 2.05) is 6.07 Å². The summed E-state index contributed by atoms with van der Waals surface area (Å²) in [6, 6.07) is 6.74. The zero-order valence-electron chi connectivity index (χ0n) is 17.4. The third kappa shape index (κ3) is 6.55. The highest BCUT2D eigenvalue weighted by molar-refractivity contribution is 7.90. The van der Waals surface area contributed by atoms with Crippen molar-refractivity contribution < 1.29 is 17.9 Å². The maximum Gasteiger partial charge on any atom is 0.252 e. The summed E-state index contributed by atoms with van der Waals surface area (Å²) in [5.74, 6) is 0.290. The molecule has 10 heteroatoms. The van der Waals surface area contributed by atoms with E-state index in [0.717, 1.165) is 32.2 Å². The summed E-state index contributed by atoms with van der Waals surface area (Å²) in [5, 5.41) is 3.78. The van der Waals surface area contributed by atoms with Gasteiger partial charge in [0.2, 0.25) is 0 Å². The van der Waals surface area contributed by atoms with Gasteiger partial charge < -0.3 is 15.0 Å². The minimum atomic E-state index is -3.54. The molecule has 1 fully saturated rings. The van der Waals surface area contributed by atoms with Gasteiger partial charge in [-0.05, 0) is 38.0 Å². The van der Waals surface area contributed by atoms with Crippen LogP contribution in [0.5, 0.6) is 5.75 Å². The highest BCUT2D eigenvalue weighted by atomic mass is 35.5. The normalized spacial score (nSPS) is 15.6. The summed E-state index contributed by atoms with van der Waals surface area (Å²) < 4.78 is 29.9. The number of nitrogens with zero attached hydrogens (tertiary/aromatic N) is 2. The van der Waals surface area contributed by atoms with Crippen molar-refractivity contribution >= 4 is 38.9 Å². The second kappa shape index (κ2) is 10.2. The van der Waals surface area contributed by atoms with Gasteiger partial charge in [-0.1, -0.05) is 23.2 Å². The summed E-state index contributed by atoms with van der Waals surface area (Å²) in [4.78, 5) is 18.7. The molecule has 0 unspecified atom stereocenters. The first kappa shape index (κ1) is 23.8. The molecule has 1 aliphatic rings. The Labute approximate surface area is 192 Å². The van der Waals surface area contributed by atoms with Gasteiger partial charge in [0, 0.05) is 50.4 Å². The zero-order chi connectivity index (χ0) is 22.6. The molecule has 0 spiro atoms. The SMILES string of the molecule is Cc1cc(C(=O)NCCN2CCC(Oc3ccc(Cl)c(Cl)c3)CC2)c(S(C)(=O)=O)cn1. The Morgan fingerprint density at radius 1 is 1.23 bits per heavy atom. The molecule has 0 bridgehead atoms. The van der Waals surface area contributed by atoms with Gasteiger partial charge in [0.1, 0.15) is 11.9 Å². The molecule has 3 rings (SSSR count). The van der Waals surface area contributed by atoms with E-state index in [1.165, 1.54) is 12.3 Å². The van der Waals surface area contributed by atoms with Gasteiger partial charge >= 0.3 is 0 Å². The van der Waals surface area contributed by atoms with E-state index in [4.69, 9.17) is 27.9 Å². The Kier molecular flexibility index (Phi) is 7.80. The number of aryl methyl sites for hydroxylation is 1. The first-order valence-corrected chi connectivity index (χ1v) is 12.6. The topological polar surface area (TPSA) is 88.6 Å². The van der Waals surface area contributed by atoms with E-state index in [2.05, 4.69) is 15.2 Å². The smallest absolute Gasteiger partial charge is 0.252 e. The van der Waals surface area contributed by atoms with Crippen molar-refractivity contribution in [3.63, 3.8) is 0 Å². The number of amides is 1. The number of rotatable bonds is 7. The number of halogens is 2. The van der Waals surface area contributed by atoms with Crippen LogP contribution in [0.15, 0.2) is 35.4 Å². The van der Waals surface area contributed by atoms with Crippen molar-refractivity contribution in [2.24, 2.45) is 0 Å². The number of hydrogen-bond donors (Lipinski definition) is 1. The van der Waals surface area contributed by atoms with Crippen LogP contribution in [-0.2, 0) is 9.84 Å². The number of sulfone groups is 1. The molecule has 1 amide bonds. The van der Waals surface area contributed by atoms with Gasteiger partial charge in [0.05, 0.1) is 20.5 Å². The third-order valence-corrected chi connectivity index (χ3v) is 6.95. The fourth-order valence-corrected chi connectivity index (χ4v) is 4.52. The van der Waals surface area contributed by atoms with E-state index in [9.17, 15) is 13.2 Å². The highest BCUT2D eigenvalue weighted by Crippen LogP contribution is 2.28.